The molecule has 6 nitrogen and oxygen atoms in total. The van der Waals surface area contributed by atoms with E-state index in [9.17, 15) is 9.59 Å². The summed E-state index contributed by atoms with van der Waals surface area (Å²) in [5.74, 6) is -0.250. The third-order valence-corrected chi connectivity index (χ3v) is 4.77. The molecule has 0 spiro atoms. The summed E-state index contributed by atoms with van der Waals surface area (Å²) in [6, 6.07) is 16.8. The minimum absolute atomic E-state index is 0.121. The zero-order chi connectivity index (χ0) is 19.6. The summed E-state index contributed by atoms with van der Waals surface area (Å²) in [4.78, 5) is 26.7. The van der Waals surface area contributed by atoms with Crippen molar-refractivity contribution in [3.8, 4) is 0 Å². The van der Waals surface area contributed by atoms with E-state index < -0.39 is 0 Å². The molecule has 0 atom stereocenters. The van der Waals surface area contributed by atoms with Crippen LogP contribution in [0.15, 0.2) is 54.6 Å². The van der Waals surface area contributed by atoms with Crippen molar-refractivity contribution < 1.29 is 14.3 Å². The molecule has 2 N–H and O–H groups in total. The maximum absolute atomic E-state index is 12.2. The highest BCUT2D eigenvalue weighted by Crippen LogP contribution is 2.05. The maximum Gasteiger partial charge on any atom is 0.251 e. The summed E-state index contributed by atoms with van der Waals surface area (Å²) < 4.78 is 5.31. The van der Waals surface area contributed by atoms with Crippen LogP contribution in [0.5, 0.6) is 0 Å². The van der Waals surface area contributed by atoms with Gasteiger partial charge in [0.25, 0.3) is 11.8 Å². The van der Waals surface area contributed by atoms with E-state index in [1.54, 1.807) is 24.3 Å². The number of morpholine rings is 1. The van der Waals surface area contributed by atoms with Gasteiger partial charge in [0.15, 0.2) is 0 Å². The number of rotatable bonds is 8. The van der Waals surface area contributed by atoms with E-state index in [4.69, 9.17) is 4.74 Å². The fourth-order valence-corrected chi connectivity index (χ4v) is 3.09. The molecule has 3 rings (SSSR count). The van der Waals surface area contributed by atoms with Crippen LogP contribution in [0.25, 0.3) is 0 Å². The number of nitrogens with one attached hydrogen (secondary N) is 2. The van der Waals surface area contributed by atoms with Crippen molar-refractivity contribution in [1.82, 2.24) is 15.5 Å². The average Bonchev–Trinajstić information content (AvgIpc) is 2.75. The predicted molar refractivity (Wildman–Crippen MR) is 109 cm³/mol. The molecule has 0 bridgehead atoms. The second kappa shape index (κ2) is 10.6. The zero-order valence-electron chi connectivity index (χ0n) is 16.0. The largest absolute Gasteiger partial charge is 0.379 e. The van der Waals surface area contributed by atoms with Crippen LogP contribution in [0.2, 0.25) is 0 Å². The van der Waals surface area contributed by atoms with Gasteiger partial charge in [-0.05, 0) is 36.2 Å². The van der Waals surface area contributed by atoms with E-state index in [1.807, 2.05) is 30.3 Å². The minimum Gasteiger partial charge on any atom is -0.379 e. The molecule has 0 saturated carbocycles. The molecule has 0 aliphatic carbocycles. The molecule has 1 saturated heterocycles. The quantitative estimate of drug-likeness (QED) is 0.731. The lowest BCUT2D eigenvalue weighted by atomic mass is 10.1. The highest BCUT2D eigenvalue weighted by molar-refractivity contribution is 5.97. The third kappa shape index (κ3) is 6.18. The molecule has 0 aromatic heterocycles. The van der Waals surface area contributed by atoms with Gasteiger partial charge in [0.2, 0.25) is 0 Å². The number of hydrogen-bond acceptors (Lipinski definition) is 4. The Bertz CT molecular complexity index is 756. The Kier molecular flexibility index (Phi) is 7.58. The van der Waals surface area contributed by atoms with Gasteiger partial charge in [-0.2, -0.15) is 0 Å². The molecule has 2 amide bonds. The molecule has 1 fully saturated rings. The highest BCUT2D eigenvalue weighted by Gasteiger charge is 2.11. The SMILES string of the molecule is O=C(NCCc1ccccc1)c1ccc(C(=O)NCCN2CCOCC2)cc1. The van der Waals surface area contributed by atoms with Crippen molar-refractivity contribution in [2.24, 2.45) is 0 Å². The first-order valence-corrected chi connectivity index (χ1v) is 9.73. The van der Waals surface area contributed by atoms with Gasteiger partial charge in [-0.3, -0.25) is 14.5 Å². The van der Waals surface area contributed by atoms with E-state index in [0.29, 0.717) is 24.2 Å². The van der Waals surface area contributed by atoms with E-state index in [-0.39, 0.29) is 11.8 Å². The summed E-state index contributed by atoms with van der Waals surface area (Å²) in [7, 11) is 0. The Hall–Kier alpha value is -2.70. The van der Waals surface area contributed by atoms with Crippen LogP contribution in [0, 0.1) is 0 Å². The van der Waals surface area contributed by atoms with Crippen LogP contribution in [0.4, 0.5) is 0 Å². The molecule has 1 aliphatic rings. The number of nitrogens with zero attached hydrogens (tertiary/aromatic N) is 1. The number of ether oxygens (including phenoxy) is 1. The number of hydrogen-bond donors (Lipinski definition) is 2. The molecule has 2 aromatic rings. The molecule has 0 radical (unpaired) electrons. The Morgan fingerprint density at radius 2 is 1.39 bits per heavy atom. The van der Waals surface area contributed by atoms with Crippen LogP contribution in [0.3, 0.4) is 0 Å². The first-order valence-electron chi connectivity index (χ1n) is 9.73. The lowest BCUT2D eigenvalue weighted by molar-refractivity contribution is 0.0383. The summed E-state index contributed by atoms with van der Waals surface area (Å²) in [5, 5.41) is 5.84. The second-order valence-corrected chi connectivity index (χ2v) is 6.78. The molecular weight excluding hydrogens is 354 g/mol. The molecule has 0 unspecified atom stereocenters. The van der Waals surface area contributed by atoms with Gasteiger partial charge in [-0.25, -0.2) is 0 Å². The molecule has 148 valence electrons. The van der Waals surface area contributed by atoms with E-state index in [2.05, 4.69) is 15.5 Å². The summed E-state index contributed by atoms with van der Waals surface area (Å²) in [6.07, 6.45) is 0.788. The van der Waals surface area contributed by atoms with Crippen molar-refractivity contribution >= 4 is 11.8 Å². The average molecular weight is 381 g/mol. The summed E-state index contributed by atoms with van der Waals surface area (Å²) in [5.41, 5.74) is 2.30. The molecule has 2 aromatic carbocycles. The fraction of sp³-hybridized carbons (Fsp3) is 0.364. The molecule has 28 heavy (non-hydrogen) atoms. The molecule has 6 heteroatoms. The molecule has 1 heterocycles. The van der Waals surface area contributed by atoms with Crippen LogP contribution in [-0.4, -0.2) is 62.7 Å². The van der Waals surface area contributed by atoms with Crippen molar-refractivity contribution in [3.05, 3.63) is 71.3 Å². The predicted octanol–water partition coefficient (Wildman–Crippen LogP) is 1.72. The molecular formula is C22H27N3O3. The monoisotopic (exact) mass is 381 g/mol. The third-order valence-electron chi connectivity index (χ3n) is 4.77. The number of carbonyl (C=O) groups excluding carboxylic acids is 2. The van der Waals surface area contributed by atoms with Crippen LogP contribution >= 0.6 is 0 Å². The van der Waals surface area contributed by atoms with Crippen molar-refractivity contribution in [3.63, 3.8) is 0 Å². The minimum atomic E-state index is -0.129. The van der Waals surface area contributed by atoms with Gasteiger partial charge in [-0.15, -0.1) is 0 Å². The Morgan fingerprint density at radius 1 is 0.821 bits per heavy atom. The van der Waals surface area contributed by atoms with Crippen molar-refractivity contribution in [1.29, 1.82) is 0 Å². The summed E-state index contributed by atoms with van der Waals surface area (Å²) >= 11 is 0. The maximum atomic E-state index is 12.2. The van der Waals surface area contributed by atoms with Gasteiger partial charge in [0.1, 0.15) is 0 Å². The van der Waals surface area contributed by atoms with Crippen molar-refractivity contribution in [2.75, 3.05) is 45.9 Å². The van der Waals surface area contributed by atoms with E-state index >= 15 is 0 Å². The number of carbonyl (C=O) groups is 2. The topological polar surface area (TPSA) is 70.7 Å². The van der Waals surface area contributed by atoms with Crippen molar-refractivity contribution in [2.45, 2.75) is 6.42 Å². The number of benzene rings is 2. The highest BCUT2D eigenvalue weighted by atomic mass is 16.5. The standard InChI is InChI=1S/C22H27N3O3/c26-21(23-11-10-18-4-2-1-3-5-18)19-6-8-20(9-7-19)22(27)24-12-13-25-14-16-28-17-15-25/h1-9H,10-17H2,(H,23,26)(H,24,27). The van der Waals surface area contributed by atoms with Crippen LogP contribution in [-0.2, 0) is 11.2 Å². The Labute approximate surface area is 165 Å². The number of amides is 2. The Morgan fingerprint density at radius 3 is 2.00 bits per heavy atom. The summed E-state index contributed by atoms with van der Waals surface area (Å²) in [6.45, 7) is 5.31. The smallest absolute Gasteiger partial charge is 0.251 e. The molecule has 1 aliphatic heterocycles. The van der Waals surface area contributed by atoms with E-state index in [0.717, 1.165) is 39.3 Å². The first-order chi connectivity index (χ1) is 13.7. The lowest BCUT2D eigenvalue weighted by Crippen LogP contribution is -2.41. The second-order valence-electron chi connectivity index (χ2n) is 6.78. The lowest BCUT2D eigenvalue weighted by Gasteiger charge is -2.26. The van der Waals surface area contributed by atoms with Gasteiger partial charge in [0.05, 0.1) is 13.2 Å². The van der Waals surface area contributed by atoms with Gasteiger partial charge in [-0.1, -0.05) is 30.3 Å². The first kappa shape index (κ1) is 20.0. The van der Waals surface area contributed by atoms with Gasteiger partial charge >= 0.3 is 0 Å². The van der Waals surface area contributed by atoms with Crippen LogP contribution in [0.1, 0.15) is 26.3 Å². The van der Waals surface area contributed by atoms with Crippen LogP contribution < -0.4 is 10.6 Å². The van der Waals surface area contributed by atoms with E-state index in [1.165, 1.54) is 5.56 Å². The van der Waals surface area contributed by atoms with Gasteiger partial charge < -0.3 is 15.4 Å². The zero-order valence-corrected chi connectivity index (χ0v) is 16.0. The van der Waals surface area contributed by atoms with Gasteiger partial charge in [0, 0.05) is 43.9 Å². The fourth-order valence-electron chi connectivity index (χ4n) is 3.09. The normalized spacial score (nSPS) is 14.4. The Balaban J connectivity index is 1.40.